The second kappa shape index (κ2) is 7.82. The molecule has 2 fully saturated rings. The van der Waals surface area contributed by atoms with E-state index in [0.29, 0.717) is 5.75 Å². The number of piperidine rings is 1. The Bertz CT molecular complexity index is 775. The number of benzene rings is 1. The van der Waals surface area contributed by atoms with Crippen molar-refractivity contribution in [3.05, 3.63) is 36.2 Å². The van der Waals surface area contributed by atoms with Crippen LogP contribution in [0.4, 0.5) is 0 Å². The van der Waals surface area contributed by atoms with Crippen molar-refractivity contribution in [2.24, 2.45) is 11.8 Å². The Morgan fingerprint density at radius 3 is 2.85 bits per heavy atom. The summed E-state index contributed by atoms with van der Waals surface area (Å²) in [4.78, 5) is 14.8. The molecule has 0 N–H and O–H groups in total. The summed E-state index contributed by atoms with van der Waals surface area (Å²) in [7, 11) is 0. The number of para-hydroxylation sites is 1. The van der Waals surface area contributed by atoms with Gasteiger partial charge in [0.15, 0.2) is 5.16 Å². The van der Waals surface area contributed by atoms with Crippen LogP contribution in [0.15, 0.2) is 35.7 Å². The van der Waals surface area contributed by atoms with E-state index in [1.54, 1.807) is 6.33 Å². The SMILES string of the molecule is Cc1ccccc1-n1cnnc1SCC(=O)N1CCC2CCCCC2C1. The lowest BCUT2D eigenvalue weighted by Gasteiger charge is -2.41. The number of hydrogen-bond donors (Lipinski definition) is 0. The van der Waals surface area contributed by atoms with Crippen molar-refractivity contribution >= 4 is 17.7 Å². The van der Waals surface area contributed by atoms with Gasteiger partial charge in [0.2, 0.25) is 5.91 Å². The van der Waals surface area contributed by atoms with E-state index < -0.39 is 0 Å². The molecule has 1 amide bonds. The van der Waals surface area contributed by atoms with Crippen molar-refractivity contribution in [1.82, 2.24) is 19.7 Å². The zero-order valence-corrected chi connectivity index (χ0v) is 16.1. The van der Waals surface area contributed by atoms with Crippen molar-refractivity contribution in [2.75, 3.05) is 18.8 Å². The summed E-state index contributed by atoms with van der Waals surface area (Å²) in [6.07, 6.45) is 8.27. The lowest BCUT2D eigenvalue weighted by Crippen LogP contribution is -2.45. The lowest BCUT2D eigenvalue weighted by atomic mass is 9.75. The molecular weight excluding hydrogens is 344 g/mol. The summed E-state index contributed by atoms with van der Waals surface area (Å²) in [5.74, 6) is 2.24. The first kappa shape index (κ1) is 17.6. The van der Waals surface area contributed by atoms with Crippen LogP contribution < -0.4 is 0 Å². The zero-order chi connectivity index (χ0) is 17.9. The van der Waals surface area contributed by atoms with Crippen LogP contribution in [0, 0.1) is 18.8 Å². The summed E-state index contributed by atoms with van der Waals surface area (Å²) in [6, 6.07) is 8.16. The molecule has 2 heterocycles. The van der Waals surface area contributed by atoms with Crippen LogP contribution >= 0.6 is 11.8 Å². The Morgan fingerprint density at radius 2 is 2.00 bits per heavy atom. The van der Waals surface area contributed by atoms with E-state index >= 15 is 0 Å². The number of carbonyl (C=O) groups excluding carboxylic acids is 1. The van der Waals surface area contributed by atoms with Gasteiger partial charge in [-0.25, -0.2) is 0 Å². The van der Waals surface area contributed by atoms with Gasteiger partial charge >= 0.3 is 0 Å². The average Bonchev–Trinajstić information content (AvgIpc) is 3.14. The van der Waals surface area contributed by atoms with E-state index in [0.717, 1.165) is 35.8 Å². The van der Waals surface area contributed by atoms with Crippen molar-refractivity contribution in [3.8, 4) is 5.69 Å². The number of fused-ring (bicyclic) bond motifs is 1. The number of thioether (sulfide) groups is 1. The van der Waals surface area contributed by atoms with Crippen molar-refractivity contribution in [1.29, 1.82) is 0 Å². The van der Waals surface area contributed by atoms with Gasteiger partial charge in [0.25, 0.3) is 0 Å². The van der Waals surface area contributed by atoms with Gasteiger partial charge < -0.3 is 4.90 Å². The van der Waals surface area contributed by atoms with Crippen LogP contribution in [0.3, 0.4) is 0 Å². The van der Waals surface area contributed by atoms with Gasteiger partial charge in [0.05, 0.1) is 11.4 Å². The third-order valence-corrected chi connectivity index (χ3v) is 6.79. The van der Waals surface area contributed by atoms with E-state index in [1.807, 2.05) is 16.7 Å². The predicted octanol–water partition coefficient (Wildman–Crippen LogP) is 3.71. The topological polar surface area (TPSA) is 51.0 Å². The van der Waals surface area contributed by atoms with Crippen molar-refractivity contribution in [2.45, 2.75) is 44.2 Å². The summed E-state index contributed by atoms with van der Waals surface area (Å²) in [5.41, 5.74) is 2.23. The Balaban J connectivity index is 1.38. The third kappa shape index (κ3) is 3.65. The number of nitrogens with zero attached hydrogens (tertiary/aromatic N) is 4. The highest BCUT2D eigenvalue weighted by Gasteiger charge is 2.32. The number of hydrogen-bond acceptors (Lipinski definition) is 4. The molecule has 138 valence electrons. The van der Waals surface area contributed by atoms with Gasteiger partial charge in [0.1, 0.15) is 6.33 Å². The van der Waals surface area contributed by atoms with E-state index in [4.69, 9.17) is 0 Å². The smallest absolute Gasteiger partial charge is 0.233 e. The van der Waals surface area contributed by atoms with Gasteiger partial charge in [0, 0.05) is 13.1 Å². The van der Waals surface area contributed by atoms with Crippen LogP contribution in [0.1, 0.15) is 37.7 Å². The first-order valence-corrected chi connectivity index (χ1v) is 10.6. The molecule has 1 aromatic heterocycles. The first-order chi connectivity index (χ1) is 12.7. The maximum Gasteiger partial charge on any atom is 0.233 e. The summed E-state index contributed by atoms with van der Waals surface area (Å²) in [6.45, 7) is 3.95. The minimum absolute atomic E-state index is 0.235. The molecule has 1 aromatic carbocycles. The Labute approximate surface area is 159 Å². The fourth-order valence-electron chi connectivity index (χ4n) is 4.37. The quantitative estimate of drug-likeness (QED) is 0.770. The highest BCUT2D eigenvalue weighted by molar-refractivity contribution is 7.99. The second-order valence-corrected chi connectivity index (χ2v) is 8.43. The maximum atomic E-state index is 12.7. The predicted molar refractivity (Wildman–Crippen MR) is 103 cm³/mol. The second-order valence-electron chi connectivity index (χ2n) is 7.49. The standard InChI is InChI=1S/C20H26N4OS/c1-15-6-2-5-9-18(15)24-14-21-22-20(24)26-13-19(25)23-11-10-16-7-3-4-8-17(16)12-23/h2,5-6,9,14,16-17H,3-4,7-8,10-13H2,1H3. The molecule has 1 aliphatic heterocycles. The molecule has 26 heavy (non-hydrogen) atoms. The molecule has 2 unspecified atom stereocenters. The summed E-state index contributed by atoms with van der Waals surface area (Å²) >= 11 is 1.49. The highest BCUT2D eigenvalue weighted by atomic mass is 32.2. The monoisotopic (exact) mass is 370 g/mol. The van der Waals surface area contributed by atoms with Gasteiger partial charge in [-0.1, -0.05) is 49.2 Å². The van der Waals surface area contributed by atoms with Crippen LogP contribution in [0.5, 0.6) is 0 Å². The van der Waals surface area contributed by atoms with E-state index in [2.05, 4.69) is 34.2 Å². The highest BCUT2D eigenvalue weighted by Crippen LogP contribution is 2.36. The van der Waals surface area contributed by atoms with Crippen molar-refractivity contribution < 1.29 is 4.79 Å². The van der Waals surface area contributed by atoms with Gasteiger partial charge in [-0.05, 0) is 43.2 Å². The van der Waals surface area contributed by atoms with Crippen LogP contribution in [-0.2, 0) is 4.79 Å². The van der Waals surface area contributed by atoms with Crippen LogP contribution in [0.2, 0.25) is 0 Å². The Kier molecular flexibility index (Phi) is 5.29. The molecule has 1 aliphatic carbocycles. The summed E-state index contributed by atoms with van der Waals surface area (Å²) in [5, 5.41) is 9.05. The lowest BCUT2D eigenvalue weighted by molar-refractivity contribution is -0.131. The van der Waals surface area contributed by atoms with Crippen molar-refractivity contribution in [3.63, 3.8) is 0 Å². The van der Waals surface area contributed by atoms with Gasteiger partial charge in [-0.2, -0.15) is 0 Å². The van der Waals surface area contributed by atoms with E-state index in [-0.39, 0.29) is 5.91 Å². The van der Waals surface area contributed by atoms with Gasteiger partial charge in [-0.15, -0.1) is 10.2 Å². The normalized spacial score (nSPS) is 22.9. The first-order valence-electron chi connectivity index (χ1n) is 9.59. The minimum Gasteiger partial charge on any atom is -0.342 e. The number of aromatic nitrogens is 3. The Hall–Kier alpha value is -1.82. The molecule has 0 bridgehead atoms. The molecule has 6 heteroatoms. The minimum atomic E-state index is 0.235. The molecule has 1 saturated carbocycles. The number of rotatable bonds is 4. The van der Waals surface area contributed by atoms with Crippen LogP contribution in [0.25, 0.3) is 5.69 Å². The molecule has 1 saturated heterocycles. The third-order valence-electron chi connectivity index (χ3n) is 5.86. The average molecular weight is 371 g/mol. The molecule has 2 atom stereocenters. The molecule has 2 aliphatic rings. The molecule has 0 spiro atoms. The largest absolute Gasteiger partial charge is 0.342 e. The number of amides is 1. The van der Waals surface area contributed by atoms with E-state index in [1.165, 1.54) is 49.4 Å². The van der Waals surface area contributed by atoms with Gasteiger partial charge in [-0.3, -0.25) is 9.36 Å². The number of carbonyl (C=O) groups is 1. The number of likely N-dealkylation sites (tertiary alicyclic amines) is 1. The maximum absolute atomic E-state index is 12.7. The molecule has 2 aromatic rings. The molecule has 0 radical (unpaired) electrons. The molecule has 4 rings (SSSR count). The van der Waals surface area contributed by atoms with Crippen LogP contribution in [-0.4, -0.2) is 44.4 Å². The number of aryl methyl sites for hydroxylation is 1. The fourth-order valence-corrected chi connectivity index (χ4v) is 5.19. The van der Waals surface area contributed by atoms with E-state index in [9.17, 15) is 4.79 Å². The fraction of sp³-hybridized carbons (Fsp3) is 0.550. The zero-order valence-electron chi connectivity index (χ0n) is 15.3. The molecule has 5 nitrogen and oxygen atoms in total. The molecular formula is C20H26N4OS. The summed E-state index contributed by atoms with van der Waals surface area (Å²) < 4.78 is 1.97. The Morgan fingerprint density at radius 1 is 1.19 bits per heavy atom.